The van der Waals surface area contributed by atoms with Crippen LogP contribution < -0.4 is 0 Å². The molecule has 0 spiro atoms. The van der Waals surface area contributed by atoms with Gasteiger partial charge < -0.3 is 4.90 Å². The maximum Gasteiger partial charge on any atom is 0.236 e. The highest BCUT2D eigenvalue weighted by Crippen LogP contribution is 2.16. The third-order valence-corrected chi connectivity index (χ3v) is 5.34. The van der Waals surface area contributed by atoms with E-state index in [9.17, 15) is 13.2 Å². The van der Waals surface area contributed by atoms with E-state index >= 15 is 0 Å². The summed E-state index contributed by atoms with van der Waals surface area (Å²) in [5.74, 6) is 0.365. The number of carbonyl (C=O) groups is 1. The van der Waals surface area contributed by atoms with E-state index < -0.39 is 9.84 Å². The van der Waals surface area contributed by atoms with Gasteiger partial charge >= 0.3 is 0 Å². The van der Waals surface area contributed by atoms with Crippen molar-refractivity contribution < 1.29 is 13.2 Å². The standard InChI is InChI=1S/C13H26N2O3S/c1-4-7-15(8-5-2)10-13(16)14(3)12-6-9-19(17,18)11-12/h12H,4-11H2,1-3H3. The number of carbonyl (C=O) groups excluding carboxylic acids is 1. The van der Waals surface area contributed by atoms with Crippen molar-refractivity contribution in [2.45, 2.75) is 39.2 Å². The molecule has 5 nitrogen and oxygen atoms in total. The van der Waals surface area contributed by atoms with E-state index in [4.69, 9.17) is 0 Å². The molecule has 0 aromatic carbocycles. The van der Waals surface area contributed by atoms with Gasteiger partial charge in [-0.3, -0.25) is 9.69 Å². The molecule has 1 unspecified atom stereocenters. The van der Waals surface area contributed by atoms with Gasteiger partial charge in [0, 0.05) is 13.1 Å². The Labute approximate surface area is 116 Å². The second-order valence-corrected chi connectivity index (χ2v) is 7.57. The van der Waals surface area contributed by atoms with Crippen molar-refractivity contribution in [3.63, 3.8) is 0 Å². The lowest BCUT2D eigenvalue weighted by molar-refractivity contribution is -0.132. The van der Waals surface area contributed by atoms with Gasteiger partial charge in [-0.1, -0.05) is 13.8 Å². The van der Waals surface area contributed by atoms with Gasteiger partial charge in [0.1, 0.15) is 0 Å². The molecular weight excluding hydrogens is 264 g/mol. The molecule has 0 saturated carbocycles. The predicted molar refractivity (Wildman–Crippen MR) is 76.9 cm³/mol. The molecule has 19 heavy (non-hydrogen) atoms. The van der Waals surface area contributed by atoms with Crippen molar-refractivity contribution in [3.05, 3.63) is 0 Å². The molecule has 0 radical (unpaired) electrons. The van der Waals surface area contributed by atoms with Crippen LogP contribution in [0.1, 0.15) is 33.1 Å². The first-order valence-electron chi connectivity index (χ1n) is 7.08. The minimum absolute atomic E-state index is 0.0315. The number of amides is 1. The number of sulfone groups is 1. The maximum atomic E-state index is 12.2. The molecule has 1 rings (SSSR count). The fraction of sp³-hybridized carbons (Fsp3) is 0.923. The molecule has 1 aliphatic rings. The molecule has 0 aliphatic carbocycles. The van der Waals surface area contributed by atoms with E-state index in [-0.39, 0.29) is 23.5 Å². The average Bonchev–Trinajstić information content (AvgIpc) is 2.69. The third-order valence-electron chi connectivity index (χ3n) is 3.59. The topological polar surface area (TPSA) is 57.7 Å². The normalized spacial score (nSPS) is 21.8. The number of rotatable bonds is 7. The van der Waals surface area contributed by atoms with E-state index in [1.807, 2.05) is 0 Å². The molecular formula is C13H26N2O3S. The summed E-state index contributed by atoms with van der Waals surface area (Å²) in [4.78, 5) is 16.0. The first kappa shape index (κ1) is 16.4. The lowest BCUT2D eigenvalue weighted by atomic mass is 10.2. The Hall–Kier alpha value is -0.620. The van der Waals surface area contributed by atoms with Crippen LogP contribution >= 0.6 is 0 Å². The van der Waals surface area contributed by atoms with Gasteiger partial charge in [0.15, 0.2) is 9.84 Å². The molecule has 1 fully saturated rings. The fourth-order valence-electron chi connectivity index (χ4n) is 2.49. The highest BCUT2D eigenvalue weighted by molar-refractivity contribution is 7.91. The van der Waals surface area contributed by atoms with Crippen molar-refractivity contribution in [1.82, 2.24) is 9.80 Å². The number of hydrogen-bond acceptors (Lipinski definition) is 4. The maximum absolute atomic E-state index is 12.2. The van der Waals surface area contributed by atoms with E-state index in [1.165, 1.54) is 0 Å². The zero-order valence-electron chi connectivity index (χ0n) is 12.3. The Morgan fingerprint density at radius 3 is 2.21 bits per heavy atom. The van der Waals surface area contributed by atoms with Crippen molar-refractivity contribution in [3.8, 4) is 0 Å². The van der Waals surface area contributed by atoms with Crippen LogP contribution in [0.3, 0.4) is 0 Å². The lowest BCUT2D eigenvalue weighted by Crippen LogP contribution is -2.44. The monoisotopic (exact) mass is 290 g/mol. The molecule has 1 amide bonds. The van der Waals surface area contributed by atoms with Crippen molar-refractivity contribution in [2.24, 2.45) is 0 Å². The van der Waals surface area contributed by atoms with Gasteiger partial charge in [-0.25, -0.2) is 8.42 Å². The number of hydrogen-bond donors (Lipinski definition) is 0. The van der Waals surface area contributed by atoms with Crippen LogP contribution in [0.25, 0.3) is 0 Å². The molecule has 112 valence electrons. The smallest absolute Gasteiger partial charge is 0.236 e. The number of nitrogens with zero attached hydrogens (tertiary/aromatic N) is 2. The second-order valence-electron chi connectivity index (χ2n) is 5.34. The quantitative estimate of drug-likeness (QED) is 0.694. The third kappa shape index (κ3) is 5.10. The van der Waals surface area contributed by atoms with Crippen LogP contribution in [-0.2, 0) is 14.6 Å². The molecule has 1 aliphatic heterocycles. The van der Waals surface area contributed by atoms with Gasteiger partial charge in [0.05, 0.1) is 18.1 Å². The van der Waals surface area contributed by atoms with E-state index in [1.54, 1.807) is 11.9 Å². The zero-order chi connectivity index (χ0) is 14.5. The summed E-state index contributed by atoms with van der Waals surface area (Å²) in [6, 6.07) is -0.136. The largest absolute Gasteiger partial charge is 0.341 e. The van der Waals surface area contributed by atoms with E-state index in [2.05, 4.69) is 18.7 Å². The van der Waals surface area contributed by atoms with E-state index in [0.29, 0.717) is 13.0 Å². The second kappa shape index (κ2) is 7.24. The van der Waals surface area contributed by atoms with Gasteiger partial charge in [-0.2, -0.15) is 0 Å². The minimum atomic E-state index is -2.93. The Morgan fingerprint density at radius 1 is 1.21 bits per heavy atom. The van der Waals surface area contributed by atoms with Crippen LogP contribution in [0.5, 0.6) is 0 Å². The summed E-state index contributed by atoms with van der Waals surface area (Å²) < 4.78 is 22.9. The van der Waals surface area contributed by atoms with Crippen LogP contribution in [0.2, 0.25) is 0 Å². The molecule has 0 N–H and O–H groups in total. The van der Waals surface area contributed by atoms with Crippen LogP contribution in [-0.4, -0.2) is 68.4 Å². The lowest BCUT2D eigenvalue weighted by Gasteiger charge is -2.27. The van der Waals surface area contributed by atoms with E-state index in [0.717, 1.165) is 25.9 Å². The molecule has 1 atom stereocenters. The fourth-order valence-corrected chi connectivity index (χ4v) is 4.26. The molecule has 0 aromatic heterocycles. The van der Waals surface area contributed by atoms with Crippen molar-refractivity contribution in [2.75, 3.05) is 38.2 Å². The molecule has 1 saturated heterocycles. The molecule has 6 heteroatoms. The van der Waals surface area contributed by atoms with Crippen LogP contribution in [0.15, 0.2) is 0 Å². The Balaban J connectivity index is 2.52. The average molecular weight is 290 g/mol. The summed E-state index contributed by atoms with van der Waals surface area (Å²) in [7, 11) is -1.20. The first-order chi connectivity index (χ1) is 8.89. The van der Waals surface area contributed by atoms with Crippen LogP contribution in [0, 0.1) is 0 Å². The summed E-state index contributed by atoms with van der Waals surface area (Å²) in [5, 5.41) is 0. The summed E-state index contributed by atoms with van der Waals surface area (Å²) in [6.45, 7) is 6.42. The van der Waals surface area contributed by atoms with Crippen molar-refractivity contribution >= 4 is 15.7 Å². The predicted octanol–water partition coefficient (Wildman–Crippen LogP) is 0.754. The Morgan fingerprint density at radius 2 is 1.79 bits per heavy atom. The summed E-state index contributed by atoms with van der Waals surface area (Å²) in [5.41, 5.74) is 0. The highest BCUT2D eigenvalue weighted by atomic mass is 32.2. The first-order valence-corrected chi connectivity index (χ1v) is 8.90. The SMILES string of the molecule is CCCN(CCC)CC(=O)N(C)C1CCS(=O)(=O)C1. The van der Waals surface area contributed by atoms with Crippen LogP contribution in [0.4, 0.5) is 0 Å². The van der Waals surface area contributed by atoms with Gasteiger partial charge in [0.2, 0.25) is 5.91 Å². The van der Waals surface area contributed by atoms with Gasteiger partial charge in [-0.05, 0) is 32.4 Å². The molecule has 1 heterocycles. The van der Waals surface area contributed by atoms with Gasteiger partial charge in [0.25, 0.3) is 0 Å². The summed E-state index contributed by atoms with van der Waals surface area (Å²) >= 11 is 0. The zero-order valence-corrected chi connectivity index (χ0v) is 13.1. The Kier molecular flexibility index (Phi) is 6.26. The molecule has 0 aromatic rings. The Bertz CT molecular complexity index is 389. The number of likely N-dealkylation sites (N-methyl/N-ethyl adjacent to an activating group) is 1. The molecule has 0 bridgehead atoms. The van der Waals surface area contributed by atoms with Crippen molar-refractivity contribution in [1.29, 1.82) is 0 Å². The summed E-state index contributed by atoms with van der Waals surface area (Å²) in [6.07, 6.45) is 2.62. The van der Waals surface area contributed by atoms with Gasteiger partial charge in [-0.15, -0.1) is 0 Å². The minimum Gasteiger partial charge on any atom is -0.341 e. The highest BCUT2D eigenvalue weighted by Gasteiger charge is 2.32.